The molecule has 0 saturated heterocycles. The van der Waals surface area contributed by atoms with E-state index < -0.39 is 11.0 Å². The van der Waals surface area contributed by atoms with Gasteiger partial charge in [0.1, 0.15) is 23.4 Å². The molecular weight excluding hydrogens is 350 g/mol. The second kappa shape index (κ2) is 8.36. The largest absolute Gasteiger partial charge is 0.487 e. The van der Waals surface area contributed by atoms with Crippen LogP contribution in [0.15, 0.2) is 54.6 Å². The number of likely N-dealkylation sites (N-methyl/N-ethyl adjacent to an activating group) is 1. The van der Waals surface area contributed by atoms with Gasteiger partial charge in [-0.05, 0) is 38.6 Å². The minimum Gasteiger partial charge on any atom is -0.487 e. The minimum absolute atomic E-state index is 0.199. The molecule has 0 spiro atoms. The first-order valence-corrected chi connectivity index (χ1v) is 10.2. The van der Waals surface area contributed by atoms with Crippen LogP contribution in [0.3, 0.4) is 0 Å². The number of carbonyl (C=O) groups is 1. The van der Waals surface area contributed by atoms with Gasteiger partial charge in [0.05, 0.1) is 0 Å². The lowest BCUT2D eigenvalue weighted by Crippen LogP contribution is -2.50. The Hall–Kier alpha value is -2.33. The quantitative estimate of drug-likeness (QED) is 0.666. The van der Waals surface area contributed by atoms with Crippen molar-refractivity contribution in [3.8, 4) is 5.75 Å². The molecule has 0 saturated carbocycles. The van der Waals surface area contributed by atoms with Crippen LogP contribution in [0.4, 0.5) is 0 Å². The van der Waals surface area contributed by atoms with E-state index in [1.807, 2.05) is 68.4 Å². The van der Waals surface area contributed by atoms with Gasteiger partial charge in [-0.1, -0.05) is 62.4 Å². The third-order valence-electron chi connectivity index (χ3n) is 5.57. The zero-order chi connectivity index (χ0) is 20.2. The summed E-state index contributed by atoms with van der Waals surface area (Å²) in [5, 5.41) is 0. The molecule has 2 aromatic carbocycles. The summed E-state index contributed by atoms with van der Waals surface area (Å²) in [6, 6.07) is 17.8. The van der Waals surface area contributed by atoms with E-state index in [0.29, 0.717) is 13.0 Å². The Balaban J connectivity index is 2.02. The maximum absolute atomic E-state index is 13.6. The molecule has 4 nitrogen and oxygen atoms in total. The van der Waals surface area contributed by atoms with Crippen LogP contribution in [0.1, 0.15) is 45.2 Å². The van der Waals surface area contributed by atoms with E-state index in [9.17, 15) is 4.79 Å². The number of carbonyl (C=O) groups excluding carboxylic acids is 1. The minimum atomic E-state index is -0.872. The van der Waals surface area contributed by atoms with Crippen LogP contribution in [0.2, 0.25) is 0 Å². The molecule has 1 atom stereocenters. The second-order valence-corrected chi connectivity index (χ2v) is 7.97. The number of rotatable bonds is 7. The molecule has 0 N–H and O–H groups in total. The molecular formula is C24H31NO3. The normalized spacial score (nSPS) is 20.3. The van der Waals surface area contributed by atoms with Gasteiger partial charge < -0.3 is 14.4 Å². The Morgan fingerprint density at radius 1 is 1.04 bits per heavy atom. The van der Waals surface area contributed by atoms with E-state index in [1.165, 1.54) is 0 Å². The topological polar surface area (TPSA) is 38.8 Å². The molecule has 150 valence electrons. The first kappa shape index (κ1) is 20.4. The zero-order valence-electron chi connectivity index (χ0n) is 17.4. The van der Waals surface area contributed by atoms with Crippen molar-refractivity contribution in [2.45, 2.75) is 45.1 Å². The Bertz CT molecular complexity index is 799. The van der Waals surface area contributed by atoms with Crippen LogP contribution in [0.5, 0.6) is 5.75 Å². The summed E-state index contributed by atoms with van der Waals surface area (Å²) >= 11 is 0. The molecule has 0 aromatic heterocycles. The second-order valence-electron chi connectivity index (χ2n) is 7.97. The molecule has 0 radical (unpaired) electrons. The summed E-state index contributed by atoms with van der Waals surface area (Å²) in [6.45, 7) is 11.3. The predicted molar refractivity (Wildman–Crippen MR) is 112 cm³/mol. The number of fused-ring (bicyclic) bond motifs is 1. The number of nitrogens with zero attached hydrogens (tertiary/aromatic N) is 1. The van der Waals surface area contributed by atoms with E-state index in [-0.39, 0.29) is 5.97 Å². The number of benzene rings is 2. The van der Waals surface area contributed by atoms with Crippen molar-refractivity contribution >= 4 is 5.97 Å². The Labute approximate surface area is 168 Å². The van der Waals surface area contributed by atoms with Gasteiger partial charge in [0.15, 0.2) is 0 Å². The molecule has 0 fully saturated rings. The van der Waals surface area contributed by atoms with Gasteiger partial charge in [-0.25, -0.2) is 0 Å². The number of hydrogen-bond donors (Lipinski definition) is 0. The highest BCUT2D eigenvalue weighted by atomic mass is 16.5. The highest BCUT2D eigenvalue weighted by Crippen LogP contribution is 2.49. The van der Waals surface area contributed by atoms with E-state index in [1.54, 1.807) is 0 Å². The van der Waals surface area contributed by atoms with Crippen molar-refractivity contribution in [1.29, 1.82) is 0 Å². The van der Waals surface area contributed by atoms with Gasteiger partial charge in [-0.3, -0.25) is 4.79 Å². The molecule has 28 heavy (non-hydrogen) atoms. The lowest BCUT2D eigenvalue weighted by Gasteiger charge is -2.44. The molecule has 1 unspecified atom stereocenters. The van der Waals surface area contributed by atoms with Crippen molar-refractivity contribution in [1.82, 2.24) is 4.90 Å². The Kier molecular flexibility index (Phi) is 6.09. The number of para-hydroxylation sites is 1. The maximum Gasteiger partial charge on any atom is 0.321 e. The molecule has 4 heteroatoms. The van der Waals surface area contributed by atoms with Crippen molar-refractivity contribution in [3.05, 3.63) is 65.7 Å². The van der Waals surface area contributed by atoms with Crippen LogP contribution < -0.4 is 4.74 Å². The standard InChI is InChI=1S/C24H31NO3/c1-5-25(6-2)16-17-27-22(26)24(19-12-8-7-9-13-19)18-23(3,4)28-21-15-11-10-14-20(21)24/h7-15H,5-6,16-18H2,1-4H3. The molecule has 3 rings (SSSR count). The molecule has 1 aliphatic heterocycles. The third kappa shape index (κ3) is 3.93. The first-order chi connectivity index (χ1) is 13.4. The molecule has 0 amide bonds. The maximum atomic E-state index is 13.6. The number of ether oxygens (including phenoxy) is 2. The summed E-state index contributed by atoms with van der Waals surface area (Å²) in [5.74, 6) is 0.554. The molecule has 1 heterocycles. The first-order valence-electron chi connectivity index (χ1n) is 10.2. The highest BCUT2D eigenvalue weighted by Gasteiger charge is 2.52. The molecule has 1 aliphatic rings. The van der Waals surface area contributed by atoms with E-state index in [4.69, 9.17) is 9.47 Å². The van der Waals surface area contributed by atoms with Gasteiger partial charge in [0, 0.05) is 18.5 Å². The van der Waals surface area contributed by atoms with E-state index in [0.717, 1.165) is 36.5 Å². The summed E-state index contributed by atoms with van der Waals surface area (Å²) < 4.78 is 12.1. The Morgan fingerprint density at radius 2 is 1.68 bits per heavy atom. The molecule has 0 aliphatic carbocycles. The van der Waals surface area contributed by atoms with Gasteiger partial charge >= 0.3 is 5.97 Å². The van der Waals surface area contributed by atoms with Crippen molar-refractivity contribution in [2.24, 2.45) is 0 Å². The molecule has 0 bridgehead atoms. The van der Waals surface area contributed by atoms with Crippen LogP contribution in [-0.4, -0.2) is 42.7 Å². The molecule has 2 aromatic rings. The number of hydrogen-bond acceptors (Lipinski definition) is 4. The van der Waals surface area contributed by atoms with Gasteiger partial charge in [0.25, 0.3) is 0 Å². The summed E-state index contributed by atoms with van der Waals surface area (Å²) in [4.78, 5) is 15.9. The smallest absolute Gasteiger partial charge is 0.321 e. The van der Waals surface area contributed by atoms with Gasteiger partial charge in [-0.2, -0.15) is 0 Å². The van der Waals surface area contributed by atoms with Crippen molar-refractivity contribution < 1.29 is 14.3 Å². The van der Waals surface area contributed by atoms with Gasteiger partial charge in [-0.15, -0.1) is 0 Å². The highest BCUT2D eigenvalue weighted by molar-refractivity contribution is 5.89. The Morgan fingerprint density at radius 3 is 2.36 bits per heavy atom. The SMILES string of the molecule is CCN(CC)CCOC(=O)C1(c2ccccc2)CC(C)(C)Oc2ccccc21. The van der Waals surface area contributed by atoms with Crippen molar-refractivity contribution in [2.75, 3.05) is 26.2 Å². The lowest BCUT2D eigenvalue weighted by molar-refractivity contribution is -0.152. The van der Waals surface area contributed by atoms with Crippen LogP contribution in [0.25, 0.3) is 0 Å². The summed E-state index contributed by atoms with van der Waals surface area (Å²) in [5.41, 5.74) is 0.477. The van der Waals surface area contributed by atoms with Crippen molar-refractivity contribution in [3.63, 3.8) is 0 Å². The van der Waals surface area contributed by atoms with Crippen LogP contribution in [-0.2, 0) is 14.9 Å². The third-order valence-corrected chi connectivity index (χ3v) is 5.57. The fourth-order valence-corrected chi connectivity index (χ4v) is 4.19. The van der Waals surface area contributed by atoms with E-state index >= 15 is 0 Å². The fourth-order valence-electron chi connectivity index (χ4n) is 4.19. The zero-order valence-corrected chi connectivity index (χ0v) is 17.4. The lowest BCUT2D eigenvalue weighted by atomic mass is 9.66. The summed E-state index contributed by atoms with van der Waals surface area (Å²) in [6.07, 6.45) is 0.533. The summed E-state index contributed by atoms with van der Waals surface area (Å²) in [7, 11) is 0. The number of esters is 1. The average Bonchev–Trinajstić information content (AvgIpc) is 2.70. The monoisotopic (exact) mass is 381 g/mol. The van der Waals surface area contributed by atoms with E-state index in [2.05, 4.69) is 18.7 Å². The average molecular weight is 382 g/mol. The fraction of sp³-hybridized carbons (Fsp3) is 0.458. The predicted octanol–water partition coefficient (Wildman–Crippen LogP) is 4.42. The van der Waals surface area contributed by atoms with Crippen LogP contribution >= 0.6 is 0 Å². The van der Waals surface area contributed by atoms with Gasteiger partial charge in [0.2, 0.25) is 0 Å². The van der Waals surface area contributed by atoms with Crippen LogP contribution in [0, 0.1) is 0 Å².